The van der Waals surface area contributed by atoms with Crippen LogP contribution >= 0.6 is 0 Å². The van der Waals surface area contributed by atoms with Gasteiger partial charge >= 0.3 is 0 Å². The van der Waals surface area contributed by atoms with Crippen LogP contribution in [0.3, 0.4) is 0 Å². The molecule has 2 atom stereocenters. The fourth-order valence-electron chi connectivity index (χ4n) is 2.81. The van der Waals surface area contributed by atoms with Gasteiger partial charge in [0.05, 0.1) is 12.7 Å². The summed E-state index contributed by atoms with van der Waals surface area (Å²) in [5, 5.41) is 0. The second kappa shape index (κ2) is 9.03. The van der Waals surface area contributed by atoms with Crippen molar-refractivity contribution in [3.63, 3.8) is 0 Å². The van der Waals surface area contributed by atoms with E-state index in [-0.39, 0.29) is 6.04 Å². The van der Waals surface area contributed by atoms with Gasteiger partial charge in [-0.15, -0.1) is 0 Å². The highest BCUT2D eigenvalue weighted by atomic mass is 16.5. The number of rotatable bonds is 9. The van der Waals surface area contributed by atoms with Gasteiger partial charge in [0.25, 0.3) is 0 Å². The van der Waals surface area contributed by atoms with E-state index in [0.717, 1.165) is 44.6 Å². The maximum Gasteiger partial charge on any atom is 0.119 e. The molecule has 4 nitrogen and oxygen atoms in total. The van der Waals surface area contributed by atoms with E-state index in [1.807, 2.05) is 12.1 Å². The predicted molar refractivity (Wildman–Crippen MR) is 85.1 cm³/mol. The molecule has 118 valence electrons. The fourth-order valence-corrected chi connectivity index (χ4v) is 2.81. The summed E-state index contributed by atoms with van der Waals surface area (Å²) in [5.41, 5.74) is 4.12. The standard InChI is InChI=1S/C17H28N2O2/c1-2-11-20-16-8-3-6-14(13-16)17(19-18)10-4-7-15-9-5-12-21-15/h3,6,8,13,15,17,19H,2,4-5,7,9-12,18H2,1H3. The molecule has 1 fully saturated rings. The first kappa shape index (κ1) is 16.3. The van der Waals surface area contributed by atoms with Crippen LogP contribution in [0.15, 0.2) is 24.3 Å². The molecule has 0 saturated carbocycles. The van der Waals surface area contributed by atoms with Crippen LogP contribution in [0.4, 0.5) is 0 Å². The molecule has 21 heavy (non-hydrogen) atoms. The van der Waals surface area contributed by atoms with E-state index in [1.54, 1.807) is 0 Å². The van der Waals surface area contributed by atoms with E-state index in [0.29, 0.717) is 6.10 Å². The highest BCUT2D eigenvalue weighted by Crippen LogP contribution is 2.25. The van der Waals surface area contributed by atoms with E-state index in [4.69, 9.17) is 15.3 Å². The van der Waals surface area contributed by atoms with Gasteiger partial charge in [0.1, 0.15) is 5.75 Å². The van der Waals surface area contributed by atoms with E-state index >= 15 is 0 Å². The molecule has 0 aliphatic carbocycles. The van der Waals surface area contributed by atoms with Crippen LogP contribution in [-0.2, 0) is 4.74 Å². The number of hydrogen-bond donors (Lipinski definition) is 2. The summed E-state index contributed by atoms with van der Waals surface area (Å²) in [6.07, 6.45) is 7.17. The zero-order chi connectivity index (χ0) is 14.9. The highest BCUT2D eigenvalue weighted by Gasteiger charge is 2.16. The van der Waals surface area contributed by atoms with E-state index in [1.165, 1.54) is 18.4 Å². The number of hydrogen-bond acceptors (Lipinski definition) is 4. The molecule has 1 aliphatic heterocycles. The summed E-state index contributed by atoms with van der Waals surface area (Å²) in [7, 11) is 0. The molecule has 0 spiro atoms. The largest absolute Gasteiger partial charge is 0.494 e. The monoisotopic (exact) mass is 292 g/mol. The molecule has 2 unspecified atom stereocenters. The van der Waals surface area contributed by atoms with E-state index in [2.05, 4.69) is 24.5 Å². The van der Waals surface area contributed by atoms with Crippen molar-refractivity contribution in [3.8, 4) is 5.75 Å². The zero-order valence-electron chi connectivity index (χ0n) is 13.0. The van der Waals surface area contributed by atoms with Gasteiger partial charge in [-0.25, -0.2) is 0 Å². The van der Waals surface area contributed by atoms with Gasteiger partial charge in [0, 0.05) is 12.6 Å². The molecule has 0 bridgehead atoms. The van der Waals surface area contributed by atoms with Crippen molar-refractivity contribution in [3.05, 3.63) is 29.8 Å². The minimum atomic E-state index is 0.177. The number of ether oxygens (including phenoxy) is 2. The van der Waals surface area contributed by atoms with E-state index in [9.17, 15) is 0 Å². The number of hydrazine groups is 1. The molecular weight excluding hydrogens is 264 g/mol. The third kappa shape index (κ3) is 5.30. The SMILES string of the molecule is CCCOc1cccc(C(CCCC2CCCO2)NN)c1. The van der Waals surface area contributed by atoms with Gasteiger partial charge in [-0.3, -0.25) is 11.3 Å². The lowest BCUT2D eigenvalue weighted by Gasteiger charge is -2.18. The average molecular weight is 292 g/mol. The van der Waals surface area contributed by atoms with Crippen molar-refractivity contribution in [2.45, 2.75) is 57.6 Å². The minimum Gasteiger partial charge on any atom is -0.494 e. The smallest absolute Gasteiger partial charge is 0.119 e. The molecule has 1 aliphatic rings. The minimum absolute atomic E-state index is 0.177. The van der Waals surface area contributed by atoms with Crippen molar-refractivity contribution in [1.29, 1.82) is 0 Å². The Hall–Kier alpha value is -1.10. The summed E-state index contributed by atoms with van der Waals surface area (Å²) >= 11 is 0. The lowest BCUT2D eigenvalue weighted by molar-refractivity contribution is 0.101. The molecule has 1 saturated heterocycles. The summed E-state index contributed by atoms with van der Waals surface area (Å²) in [4.78, 5) is 0. The zero-order valence-corrected chi connectivity index (χ0v) is 13.0. The van der Waals surface area contributed by atoms with Crippen LogP contribution in [0.1, 0.15) is 57.1 Å². The Labute approximate surface area is 128 Å². The second-order valence-electron chi connectivity index (χ2n) is 5.71. The van der Waals surface area contributed by atoms with Gasteiger partial charge in [0.2, 0.25) is 0 Å². The molecule has 1 heterocycles. The van der Waals surface area contributed by atoms with Crippen LogP contribution < -0.4 is 16.0 Å². The topological polar surface area (TPSA) is 56.5 Å². The Morgan fingerprint density at radius 3 is 3.10 bits per heavy atom. The molecule has 1 aromatic carbocycles. The molecule has 4 heteroatoms. The summed E-state index contributed by atoms with van der Waals surface area (Å²) in [6.45, 7) is 3.79. The van der Waals surface area contributed by atoms with Gasteiger partial charge in [-0.1, -0.05) is 19.1 Å². The van der Waals surface area contributed by atoms with Crippen LogP contribution in [0.5, 0.6) is 5.75 Å². The van der Waals surface area contributed by atoms with Crippen LogP contribution in [0, 0.1) is 0 Å². The van der Waals surface area contributed by atoms with Crippen LogP contribution in [0.25, 0.3) is 0 Å². The third-order valence-electron chi connectivity index (χ3n) is 3.98. The van der Waals surface area contributed by atoms with Gasteiger partial charge in [-0.05, 0) is 56.2 Å². The number of nitrogens with one attached hydrogen (secondary N) is 1. The van der Waals surface area contributed by atoms with Crippen molar-refractivity contribution in [1.82, 2.24) is 5.43 Å². The maximum absolute atomic E-state index is 5.73. The quantitative estimate of drug-likeness (QED) is 0.541. The van der Waals surface area contributed by atoms with Gasteiger partial charge < -0.3 is 9.47 Å². The highest BCUT2D eigenvalue weighted by molar-refractivity contribution is 5.30. The first-order valence-electron chi connectivity index (χ1n) is 8.14. The van der Waals surface area contributed by atoms with Gasteiger partial charge in [0.15, 0.2) is 0 Å². The van der Waals surface area contributed by atoms with E-state index < -0.39 is 0 Å². The molecule has 2 rings (SSSR count). The number of nitrogens with two attached hydrogens (primary N) is 1. The second-order valence-corrected chi connectivity index (χ2v) is 5.71. The molecule has 3 N–H and O–H groups in total. The predicted octanol–water partition coefficient (Wildman–Crippen LogP) is 3.33. The first-order chi connectivity index (χ1) is 10.3. The Balaban J connectivity index is 1.83. The first-order valence-corrected chi connectivity index (χ1v) is 8.14. The summed E-state index contributed by atoms with van der Waals surface area (Å²) in [6, 6.07) is 8.41. The molecule has 0 aromatic heterocycles. The molecule has 0 amide bonds. The normalized spacial score (nSPS) is 19.6. The Bertz CT molecular complexity index is 406. The Kier molecular flexibility index (Phi) is 7.00. The lowest BCUT2D eigenvalue weighted by atomic mass is 9.99. The molecular formula is C17H28N2O2. The van der Waals surface area contributed by atoms with Crippen molar-refractivity contribution >= 4 is 0 Å². The van der Waals surface area contributed by atoms with Gasteiger partial charge in [-0.2, -0.15) is 0 Å². The van der Waals surface area contributed by atoms with Crippen LogP contribution in [-0.4, -0.2) is 19.3 Å². The van der Waals surface area contributed by atoms with Crippen molar-refractivity contribution < 1.29 is 9.47 Å². The Morgan fingerprint density at radius 1 is 1.48 bits per heavy atom. The third-order valence-corrected chi connectivity index (χ3v) is 3.98. The molecule has 1 aromatic rings. The van der Waals surface area contributed by atoms with Crippen molar-refractivity contribution in [2.75, 3.05) is 13.2 Å². The van der Waals surface area contributed by atoms with Crippen LogP contribution in [0.2, 0.25) is 0 Å². The number of benzene rings is 1. The fraction of sp³-hybridized carbons (Fsp3) is 0.647. The summed E-state index contributed by atoms with van der Waals surface area (Å²) < 4.78 is 11.4. The molecule has 0 radical (unpaired) electrons. The van der Waals surface area contributed by atoms with Crippen molar-refractivity contribution in [2.24, 2.45) is 5.84 Å². The lowest BCUT2D eigenvalue weighted by Crippen LogP contribution is -2.28. The maximum atomic E-state index is 5.73. The Morgan fingerprint density at radius 2 is 2.38 bits per heavy atom. The average Bonchev–Trinajstić information content (AvgIpc) is 3.03. The summed E-state index contributed by atoms with van der Waals surface area (Å²) in [5.74, 6) is 6.65.